The van der Waals surface area contributed by atoms with E-state index >= 15 is 0 Å². The molecular formula is C17H28N4OS. The van der Waals surface area contributed by atoms with Crippen LogP contribution in [0.5, 0.6) is 0 Å². The van der Waals surface area contributed by atoms with Gasteiger partial charge in [-0.2, -0.15) is 0 Å². The number of amides is 1. The van der Waals surface area contributed by atoms with Crippen molar-refractivity contribution in [3.8, 4) is 0 Å². The molecule has 2 aliphatic heterocycles. The zero-order valence-corrected chi connectivity index (χ0v) is 14.9. The maximum absolute atomic E-state index is 12.5. The van der Waals surface area contributed by atoms with Gasteiger partial charge in [0.25, 0.3) is 0 Å². The van der Waals surface area contributed by atoms with Gasteiger partial charge < -0.3 is 10.2 Å². The number of likely N-dealkylation sites (N-methyl/N-ethyl adjacent to an activating group) is 1. The first-order valence-corrected chi connectivity index (χ1v) is 9.54. The monoisotopic (exact) mass is 336 g/mol. The second-order valence-corrected chi connectivity index (χ2v) is 7.63. The van der Waals surface area contributed by atoms with E-state index in [1.807, 2.05) is 23.3 Å². The Bertz CT molecular complexity index is 485. The van der Waals surface area contributed by atoms with E-state index in [0.717, 1.165) is 45.8 Å². The fourth-order valence-electron chi connectivity index (χ4n) is 3.50. The molecule has 0 radical (unpaired) electrons. The highest BCUT2D eigenvalue weighted by Gasteiger charge is 2.25. The number of hydrogen-bond donors (Lipinski definition) is 1. The maximum atomic E-state index is 12.5. The van der Waals surface area contributed by atoms with Crippen molar-refractivity contribution in [3.63, 3.8) is 0 Å². The number of carbonyl (C=O) groups excluding carboxylic acids is 1. The van der Waals surface area contributed by atoms with Crippen molar-refractivity contribution in [2.75, 3.05) is 52.9 Å². The van der Waals surface area contributed by atoms with E-state index < -0.39 is 0 Å². The van der Waals surface area contributed by atoms with Crippen LogP contribution in [0, 0.1) is 0 Å². The van der Waals surface area contributed by atoms with Crippen molar-refractivity contribution < 1.29 is 4.79 Å². The van der Waals surface area contributed by atoms with Gasteiger partial charge in [-0.3, -0.25) is 14.6 Å². The minimum atomic E-state index is 0.303. The van der Waals surface area contributed by atoms with Crippen LogP contribution in [0.2, 0.25) is 0 Å². The van der Waals surface area contributed by atoms with Gasteiger partial charge in [0, 0.05) is 50.2 Å². The summed E-state index contributed by atoms with van der Waals surface area (Å²) in [7, 11) is 2.02. The number of thiophene rings is 1. The molecule has 6 heteroatoms. The Kier molecular flexibility index (Phi) is 6.05. The van der Waals surface area contributed by atoms with Gasteiger partial charge in [0.05, 0.1) is 6.54 Å². The summed E-state index contributed by atoms with van der Waals surface area (Å²) in [5.41, 5.74) is 0. The molecule has 2 saturated heterocycles. The van der Waals surface area contributed by atoms with Crippen molar-refractivity contribution in [3.05, 3.63) is 22.4 Å². The number of rotatable bonds is 5. The number of carbonyl (C=O) groups is 1. The molecule has 1 aromatic heterocycles. The van der Waals surface area contributed by atoms with Gasteiger partial charge in [0.2, 0.25) is 5.91 Å². The average Bonchev–Trinajstić information content (AvgIpc) is 3.08. The van der Waals surface area contributed by atoms with Crippen molar-refractivity contribution in [1.29, 1.82) is 0 Å². The fourth-order valence-corrected chi connectivity index (χ4v) is 4.25. The lowest BCUT2D eigenvalue weighted by Crippen LogP contribution is -2.53. The Morgan fingerprint density at radius 3 is 2.78 bits per heavy atom. The predicted molar refractivity (Wildman–Crippen MR) is 94.7 cm³/mol. The van der Waals surface area contributed by atoms with E-state index in [2.05, 4.69) is 32.6 Å². The molecule has 2 fully saturated rings. The second kappa shape index (κ2) is 8.24. The highest BCUT2D eigenvalue weighted by atomic mass is 32.1. The van der Waals surface area contributed by atoms with Gasteiger partial charge in [-0.15, -0.1) is 11.3 Å². The van der Waals surface area contributed by atoms with Crippen molar-refractivity contribution in [1.82, 2.24) is 20.0 Å². The first-order chi connectivity index (χ1) is 11.2. The van der Waals surface area contributed by atoms with Crippen molar-refractivity contribution >= 4 is 17.2 Å². The molecule has 1 N–H and O–H groups in total. The molecule has 0 bridgehead atoms. The summed E-state index contributed by atoms with van der Waals surface area (Å²) in [6.45, 7) is 7.38. The van der Waals surface area contributed by atoms with E-state index in [1.165, 1.54) is 17.7 Å². The van der Waals surface area contributed by atoms with Gasteiger partial charge in [0.1, 0.15) is 0 Å². The Morgan fingerprint density at radius 1 is 1.26 bits per heavy atom. The summed E-state index contributed by atoms with van der Waals surface area (Å²) in [6, 6.07) is 4.84. The van der Waals surface area contributed by atoms with Crippen LogP contribution in [0.1, 0.15) is 17.7 Å². The summed E-state index contributed by atoms with van der Waals surface area (Å²) in [5, 5.41) is 5.47. The molecule has 1 unspecified atom stereocenters. The van der Waals surface area contributed by atoms with Crippen LogP contribution in [-0.4, -0.2) is 79.5 Å². The number of likely N-dealkylation sites (tertiary alicyclic amines) is 1. The Balaban J connectivity index is 1.41. The third kappa shape index (κ3) is 4.76. The normalized spacial score (nSPS) is 24.0. The van der Waals surface area contributed by atoms with Crippen LogP contribution in [0.15, 0.2) is 17.5 Å². The van der Waals surface area contributed by atoms with Gasteiger partial charge in [-0.25, -0.2) is 0 Å². The SMILES string of the molecule is CNC1CCCN(CC(=O)N2CCN(Cc3cccs3)CC2)C1. The zero-order valence-electron chi connectivity index (χ0n) is 14.0. The highest BCUT2D eigenvalue weighted by molar-refractivity contribution is 7.09. The molecule has 3 heterocycles. The smallest absolute Gasteiger partial charge is 0.236 e. The van der Waals surface area contributed by atoms with Crippen LogP contribution in [-0.2, 0) is 11.3 Å². The largest absolute Gasteiger partial charge is 0.339 e. The minimum Gasteiger partial charge on any atom is -0.339 e. The van der Waals surface area contributed by atoms with Gasteiger partial charge in [0.15, 0.2) is 0 Å². The molecule has 128 valence electrons. The molecule has 0 spiro atoms. The van der Waals surface area contributed by atoms with Gasteiger partial charge >= 0.3 is 0 Å². The van der Waals surface area contributed by atoms with Crippen molar-refractivity contribution in [2.24, 2.45) is 0 Å². The van der Waals surface area contributed by atoms with Crippen LogP contribution < -0.4 is 5.32 Å². The summed E-state index contributed by atoms with van der Waals surface area (Å²) in [4.78, 5) is 20.8. The van der Waals surface area contributed by atoms with Gasteiger partial charge in [-0.05, 0) is 37.9 Å². The van der Waals surface area contributed by atoms with Gasteiger partial charge in [-0.1, -0.05) is 6.07 Å². The third-order valence-electron chi connectivity index (χ3n) is 4.96. The number of hydrogen-bond acceptors (Lipinski definition) is 5. The predicted octanol–water partition coefficient (Wildman–Crippen LogP) is 1.08. The molecular weight excluding hydrogens is 308 g/mol. The van der Waals surface area contributed by atoms with E-state index in [4.69, 9.17) is 0 Å². The number of piperidine rings is 1. The van der Waals surface area contributed by atoms with Crippen LogP contribution in [0.25, 0.3) is 0 Å². The summed E-state index contributed by atoms with van der Waals surface area (Å²) in [6.07, 6.45) is 2.41. The zero-order chi connectivity index (χ0) is 16.1. The lowest BCUT2D eigenvalue weighted by atomic mass is 10.1. The molecule has 1 amide bonds. The second-order valence-electron chi connectivity index (χ2n) is 6.60. The molecule has 23 heavy (non-hydrogen) atoms. The Hall–Kier alpha value is -0.950. The molecule has 0 aromatic carbocycles. The lowest BCUT2D eigenvalue weighted by Gasteiger charge is -2.37. The number of piperazine rings is 1. The number of nitrogens with zero attached hydrogens (tertiary/aromatic N) is 3. The van der Waals surface area contributed by atoms with E-state index in [-0.39, 0.29) is 0 Å². The number of nitrogens with one attached hydrogen (secondary N) is 1. The van der Waals surface area contributed by atoms with E-state index in [1.54, 1.807) is 0 Å². The summed E-state index contributed by atoms with van der Waals surface area (Å²) < 4.78 is 0. The molecule has 2 aliphatic rings. The van der Waals surface area contributed by atoms with E-state index in [9.17, 15) is 4.79 Å². The maximum Gasteiger partial charge on any atom is 0.236 e. The molecule has 1 aromatic rings. The average molecular weight is 337 g/mol. The van der Waals surface area contributed by atoms with Crippen LogP contribution in [0.4, 0.5) is 0 Å². The fraction of sp³-hybridized carbons (Fsp3) is 0.706. The van der Waals surface area contributed by atoms with Crippen LogP contribution >= 0.6 is 11.3 Å². The quantitative estimate of drug-likeness (QED) is 0.873. The standard InChI is InChI=1S/C17H28N4OS/c1-18-15-4-2-6-20(12-15)14-17(22)21-9-7-19(8-10-21)13-16-5-3-11-23-16/h3,5,11,15,18H,2,4,6-10,12-14H2,1H3. The molecule has 0 aliphatic carbocycles. The highest BCUT2D eigenvalue weighted by Crippen LogP contribution is 2.14. The summed E-state index contributed by atoms with van der Waals surface area (Å²) in [5.74, 6) is 0.303. The first-order valence-electron chi connectivity index (χ1n) is 8.66. The molecule has 5 nitrogen and oxygen atoms in total. The topological polar surface area (TPSA) is 38.8 Å². The summed E-state index contributed by atoms with van der Waals surface area (Å²) >= 11 is 1.81. The third-order valence-corrected chi connectivity index (χ3v) is 5.82. The van der Waals surface area contributed by atoms with Crippen molar-refractivity contribution in [2.45, 2.75) is 25.4 Å². The molecule has 3 rings (SSSR count). The molecule has 0 saturated carbocycles. The molecule has 1 atom stereocenters. The first kappa shape index (κ1) is 16.9. The Morgan fingerprint density at radius 2 is 2.09 bits per heavy atom. The van der Waals surface area contributed by atoms with Crippen LogP contribution in [0.3, 0.4) is 0 Å². The van der Waals surface area contributed by atoms with E-state index in [0.29, 0.717) is 18.5 Å². The minimum absolute atomic E-state index is 0.303. The lowest BCUT2D eigenvalue weighted by molar-refractivity contribution is -0.134. The Labute approximate surface area is 143 Å².